The number of benzene rings is 2. The number of nitrogens with zero attached hydrogens (tertiary/aromatic N) is 1. The van der Waals surface area contributed by atoms with Gasteiger partial charge in [-0.15, -0.1) is 0 Å². The third kappa shape index (κ3) is 6.57. The van der Waals surface area contributed by atoms with Gasteiger partial charge in [0.2, 0.25) is 5.91 Å². The summed E-state index contributed by atoms with van der Waals surface area (Å²) < 4.78 is 0. The van der Waals surface area contributed by atoms with Gasteiger partial charge in [0.05, 0.1) is 6.54 Å². The van der Waals surface area contributed by atoms with Crippen LogP contribution in [0, 0.1) is 0 Å². The van der Waals surface area contributed by atoms with Gasteiger partial charge in [-0.3, -0.25) is 14.4 Å². The fraction of sp³-hybridized carbons (Fsp3) is 0.375. The summed E-state index contributed by atoms with van der Waals surface area (Å²) in [6.45, 7) is 7.37. The SMILES string of the molecule is CC(C)(C)NC(=O)c1cccc(NC(=O)CNc2cccc(C(=O)N3CCCC3)c2)c1. The molecular formula is C24H30N4O3. The minimum absolute atomic E-state index is 0.0240. The molecule has 0 bridgehead atoms. The molecule has 2 aromatic rings. The fourth-order valence-corrected chi connectivity index (χ4v) is 3.40. The summed E-state index contributed by atoms with van der Waals surface area (Å²) in [6.07, 6.45) is 2.09. The molecule has 3 rings (SSSR count). The number of rotatable bonds is 6. The summed E-state index contributed by atoms with van der Waals surface area (Å²) in [5, 5.41) is 8.75. The normalized spacial score (nSPS) is 13.6. The molecule has 3 amide bonds. The van der Waals surface area contributed by atoms with Crippen molar-refractivity contribution in [3.8, 4) is 0 Å². The number of hydrogen-bond donors (Lipinski definition) is 3. The van der Waals surface area contributed by atoms with Gasteiger partial charge in [0.1, 0.15) is 0 Å². The van der Waals surface area contributed by atoms with Crippen LogP contribution in [-0.4, -0.2) is 47.8 Å². The number of amides is 3. The van der Waals surface area contributed by atoms with Crippen LogP contribution in [0.1, 0.15) is 54.3 Å². The van der Waals surface area contributed by atoms with Crippen molar-refractivity contribution in [3.63, 3.8) is 0 Å². The lowest BCUT2D eigenvalue weighted by atomic mass is 10.1. The number of carbonyl (C=O) groups is 3. The highest BCUT2D eigenvalue weighted by Crippen LogP contribution is 2.17. The average Bonchev–Trinajstić information content (AvgIpc) is 3.26. The summed E-state index contributed by atoms with van der Waals surface area (Å²) in [5.41, 5.74) is 2.01. The van der Waals surface area contributed by atoms with Gasteiger partial charge >= 0.3 is 0 Å². The molecule has 3 N–H and O–H groups in total. The molecule has 0 radical (unpaired) electrons. The molecule has 0 saturated carbocycles. The Morgan fingerprint density at radius 1 is 0.903 bits per heavy atom. The van der Waals surface area contributed by atoms with Crippen molar-refractivity contribution >= 4 is 29.1 Å². The maximum atomic E-state index is 12.5. The van der Waals surface area contributed by atoms with E-state index in [4.69, 9.17) is 0 Å². The van der Waals surface area contributed by atoms with E-state index in [1.807, 2.05) is 31.7 Å². The van der Waals surface area contributed by atoms with Gasteiger partial charge in [-0.05, 0) is 70.0 Å². The molecule has 1 heterocycles. The van der Waals surface area contributed by atoms with Crippen molar-refractivity contribution in [1.29, 1.82) is 0 Å². The van der Waals surface area contributed by atoms with Crippen molar-refractivity contribution in [1.82, 2.24) is 10.2 Å². The highest BCUT2D eigenvalue weighted by atomic mass is 16.2. The molecule has 1 aliphatic rings. The number of carbonyl (C=O) groups excluding carboxylic acids is 3. The first-order valence-corrected chi connectivity index (χ1v) is 10.6. The third-order valence-corrected chi connectivity index (χ3v) is 4.85. The zero-order valence-corrected chi connectivity index (χ0v) is 18.3. The van der Waals surface area contributed by atoms with Crippen molar-refractivity contribution in [2.75, 3.05) is 30.3 Å². The van der Waals surface area contributed by atoms with E-state index in [1.54, 1.807) is 42.5 Å². The number of anilines is 2. The second-order valence-electron chi connectivity index (χ2n) is 8.77. The van der Waals surface area contributed by atoms with Crippen molar-refractivity contribution in [2.45, 2.75) is 39.2 Å². The predicted octanol–water partition coefficient (Wildman–Crippen LogP) is 3.50. The van der Waals surface area contributed by atoms with Gasteiger partial charge in [-0.2, -0.15) is 0 Å². The zero-order chi connectivity index (χ0) is 22.4. The van der Waals surface area contributed by atoms with E-state index in [1.165, 1.54) is 0 Å². The molecule has 1 aliphatic heterocycles. The monoisotopic (exact) mass is 422 g/mol. The zero-order valence-electron chi connectivity index (χ0n) is 18.3. The summed E-state index contributed by atoms with van der Waals surface area (Å²) in [5.74, 6) is -0.415. The van der Waals surface area contributed by atoms with E-state index < -0.39 is 0 Å². The smallest absolute Gasteiger partial charge is 0.253 e. The largest absolute Gasteiger partial charge is 0.376 e. The summed E-state index contributed by atoms with van der Waals surface area (Å²) in [7, 11) is 0. The fourth-order valence-electron chi connectivity index (χ4n) is 3.40. The maximum absolute atomic E-state index is 12.5. The van der Waals surface area contributed by atoms with Crippen molar-refractivity contribution < 1.29 is 14.4 Å². The lowest BCUT2D eigenvalue weighted by molar-refractivity contribution is -0.114. The van der Waals surface area contributed by atoms with E-state index in [0.29, 0.717) is 22.5 Å². The van der Waals surface area contributed by atoms with Crippen LogP contribution in [-0.2, 0) is 4.79 Å². The third-order valence-electron chi connectivity index (χ3n) is 4.85. The Balaban J connectivity index is 1.56. The number of likely N-dealkylation sites (tertiary alicyclic amines) is 1. The van der Waals surface area contributed by atoms with E-state index in [-0.39, 0.29) is 29.8 Å². The van der Waals surface area contributed by atoms with Crippen LogP contribution < -0.4 is 16.0 Å². The van der Waals surface area contributed by atoms with Crippen LogP contribution in [0.4, 0.5) is 11.4 Å². The Bertz CT molecular complexity index is 959. The Morgan fingerprint density at radius 3 is 2.19 bits per heavy atom. The molecule has 7 nitrogen and oxygen atoms in total. The molecule has 0 atom stereocenters. The molecule has 1 fully saturated rings. The molecule has 7 heteroatoms. The van der Waals surface area contributed by atoms with Gasteiger partial charge in [0, 0.05) is 41.1 Å². The molecule has 0 spiro atoms. The first-order chi connectivity index (χ1) is 14.7. The highest BCUT2D eigenvalue weighted by Gasteiger charge is 2.19. The molecular weight excluding hydrogens is 392 g/mol. The second-order valence-corrected chi connectivity index (χ2v) is 8.77. The second kappa shape index (κ2) is 9.64. The number of hydrogen-bond acceptors (Lipinski definition) is 4. The summed E-state index contributed by atoms with van der Waals surface area (Å²) >= 11 is 0. The van der Waals surface area contributed by atoms with Gasteiger partial charge in [-0.25, -0.2) is 0 Å². The van der Waals surface area contributed by atoms with Crippen LogP contribution >= 0.6 is 0 Å². The lowest BCUT2D eigenvalue weighted by Gasteiger charge is -2.20. The van der Waals surface area contributed by atoms with Gasteiger partial charge in [0.25, 0.3) is 11.8 Å². The van der Waals surface area contributed by atoms with Gasteiger partial charge in [-0.1, -0.05) is 12.1 Å². The van der Waals surface area contributed by atoms with Crippen molar-refractivity contribution in [2.24, 2.45) is 0 Å². The molecule has 164 valence electrons. The quantitative estimate of drug-likeness (QED) is 0.665. The van der Waals surface area contributed by atoms with Crippen LogP contribution in [0.25, 0.3) is 0 Å². The minimum Gasteiger partial charge on any atom is -0.376 e. The Labute approximate surface area is 183 Å². The Morgan fingerprint density at radius 2 is 1.52 bits per heavy atom. The molecule has 0 unspecified atom stereocenters. The molecule has 0 aromatic heterocycles. The molecule has 1 saturated heterocycles. The maximum Gasteiger partial charge on any atom is 0.253 e. The Kier molecular flexibility index (Phi) is 6.95. The van der Waals surface area contributed by atoms with Crippen molar-refractivity contribution in [3.05, 3.63) is 59.7 Å². The lowest BCUT2D eigenvalue weighted by Crippen LogP contribution is -2.40. The topological polar surface area (TPSA) is 90.5 Å². The predicted molar refractivity (Wildman–Crippen MR) is 122 cm³/mol. The number of nitrogens with one attached hydrogen (secondary N) is 3. The van der Waals surface area contributed by atoms with Gasteiger partial charge in [0.15, 0.2) is 0 Å². The molecule has 0 aliphatic carbocycles. The molecule has 2 aromatic carbocycles. The van der Waals surface area contributed by atoms with E-state index in [2.05, 4.69) is 16.0 Å². The van der Waals surface area contributed by atoms with Crippen LogP contribution in [0.3, 0.4) is 0 Å². The average molecular weight is 423 g/mol. The van der Waals surface area contributed by atoms with Gasteiger partial charge < -0.3 is 20.9 Å². The summed E-state index contributed by atoms with van der Waals surface area (Å²) in [6, 6.07) is 14.0. The Hall–Kier alpha value is -3.35. The molecule has 31 heavy (non-hydrogen) atoms. The van der Waals surface area contributed by atoms with Crippen LogP contribution in [0.2, 0.25) is 0 Å². The van der Waals surface area contributed by atoms with E-state index >= 15 is 0 Å². The summed E-state index contributed by atoms with van der Waals surface area (Å²) in [4.78, 5) is 39.1. The van der Waals surface area contributed by atoms with Crippen LogP contribution in [0.5, 0.6) is 0 Å². The first-order valence-electron chi connectivity index (χ1n) is 10.6. The van der Waals surface area contributed by atoms with Crippen LogP contribution in [0.15, 0.2) is 48.5 Å². The standard InChI is InChI=1S/C24H30N4O3/c1-24(2,3)27-22(30)17-8-6-11-20(14-17)26-21(29)16-25-19-10-7-9-18(15-19)23(31)28-12-4-5-13-28/h6-11,14-15,25H,4-5,12-13,16H2,1-3H3,(H,26,29)(H,27,30). The first kappa shape index (κ1) is 22.3. The minimum atomic E-state index is -0.342. The van der Waals surface area contributed by atoms with E-state index in [0.717, 1.165) is 25.9 Å². The highest BCUT2D eigenvalue weighted by molar-refractivity contribution is 5.98. The van der Waals surface area contributed by atoms with E-state index in [9.17, 15) is 14.4 Å².